The minimum Gasteiger partial charge on any atom is -0.497 e. The number of rotatable bonds is 5. The van der Waals surface area contributed by atoms with Crippen LogP contribution < -0.4 is 24.2 Å². The first kappa shape index (κ1) is 19.8. The van der Waals surface area contributed by atoms with Crippen molar-refractivity contribution in [2.75, 3.05) is 30.9 Å². The minimum atomic E-state index is -3.97. The van der Waals surface area contributed by atoms with Crippen molar-refractivity contribution < 1.29 is 27.4 Å². The van der Waals surface area contributed by atoms with Gasteiger partial charge in [-0.2, -0.15) is 0 Å². The molecule has 1 aliphatic heterocycles. The fraction of sp³-hybridized carbons (Fsp3) is 0.316. The highest BCUT2D eigenvalue weighted by Gasteiger charge is 2.32. The first-order valence-electron chi connectivity index (χ1n) is 8.49. The molecule has 0 saturated carbocycles. The maximum absolute atomic E-state index is 12.9. The van der Waals surface area contributed by atoms with Gasteiger partial charge < -0.3 is 19.5 Å². The highest BCUT2D eigenvalue weighted by Crippen LogP contribution is 2.35. The molecule has 28 heavy (non-hydrogen) atoms. The van der Waals surface area contributed by atoms with Gasteiger partial charge in [-0.15, -0.1) is 0 Å². The van der Waals surface area contributed by atoms with E-state index in [2.05, 4.69) is 10.0 Å². The Balaban J connectivity index is 1.94. The summed E-state index contributed by atoms with van der Waals surface area (Å²) in [6.07, 6.45) is 0. The van der Waals surface area contributed by atoms with Crippen LogP contribution in [0.3, 0.4) is 0 Å². The lowest BCUT2D eigenvalue weighted by Gasteiger charge is -2.18. The number of carbonyl (C=O) groups is 1. The Kier molecular flexibility index (Phi) is 5.12. The Labute approximate surface area is 163 Å². The van der Waals surface area contributed by atoms with E-state index in [1.807, 2.05) is 0 Å². The number of methoxy groups -OCH3 is 2. The molecule has 150 valence electrons. The molecule has 2 N–H and O–H groups in total. The van der Waals surface area contributed by atoms with Crippen LogP contribution in [0, 0.1) is 5.41 Å². The van der Waals surface area contributed by atoms with Gasteiger partial charge in [0.05, 0.1) is 31.0 Å². The summed E-state index contributed by atoms with van der Waals surface area (Å²) in [5.41, 5.74) is -0.0345. The molecule has 2 aromatic rings. The number of hydrogen-bond donors (Lipinski definition) is 2. The van der Waals surface area contributed by atoms with Crippen molar-refractivity contribution in [3.05, 3.63) is 36.4 Å². The molecule has 0 saturated heterocycles. The van der Waals surface area contributed by atoms with E-state index in [1.165, 1.54) is 32.4 Å². The Morgan fingerprint density at radius 3 is 2.54 bits per heavy atom. The van der Waals surface area contributed by atoms with Crippen molar-refractivity contribution >= 4 is 27.3 Å². The van der Waals surface area contributed by atoms with Crippen molar-refractivity contribution in [1.82, 2.24) is 0 Å². The second kappa shape index (κ2) is 7.23. The fourth-order valence-electron chi connectivity index (χ4n) is 2.64. The molecule has 3 rings (SSSR count). The Bertz CT molecular complexity index is 1020. The summed E-state index contributed by atoms with van der Waals surface area (Å²) in [7, 11) is -1.14. The van der Waals surface area contributed by atoms with Crippen LogP contribution in [0.4, 0.5) is 11.4 Å². The molecule has 8 nitrogen and oxygen atoms in total. The second-order valence-corrected chi connectivity index (χ2v) is 8.61. The van der Waals surface area contributed by atoms with Crippen molar-refractivity contribution in [3.8, 4) is 17.2 Å². The van der Waals surface area contributed by atoms with Crippen LogP contribution in [0.1, 0.15) is 13.8 Å². The first-order chi connectivity index (χ1) is 13.2. The lowest BCUT2D eigenvalue weighted by atomic mass is 9.94. The molecule has 0 bridgehead atoms. The number of nitrogens with one attached hydrogen (secondary N) is 2. The molecule has 0 fully saturated rings. The van der Waals surface area contributed by atoms with Crippen molar-refractivity contribution in [2.45, 2.75) is 18.7 Å². The van der Waals surface area contributed by atoms with Gasteiger partial charge in [-0.05, 0) is 44.2 Å². The summed E-state index contributed by atoms with van der Waals surface area (Å²) < 4.78 is 44.2. The molecule has 0 atom stereocenters. The van der Waals surface area contributed by atoms with Crippen LogP contribution in [0.2, 0.25) is 0 Å². The molecule has 0 aliphatic carbocycles. The Hall–Kier alpha value is -2.94. The second-order valence-electron chi connectivity index (χ2n) is 6.96. The standard InChI is InChI=1S/C19H22N2O6S/c1-19(2)11-27-15-7-5-12(9-14(15)20-18(19)22)21-28(23,24)17-10-13(25-3)6-8-16(17)26-4/h5-10,21H,11H2,1-4H3,(H,20,22). The fourth-order valence-corrected chi connectivity index (χ4v) is 3.87. The van der Waals surface area contributed by atoms with Gasteiger partial charge in [-0.1, -0.05) is 0 Å². The summed E-state index contributed by atoms with van der Waals surface area (Å²) in [5.74, 6) is 0.828. The molecule has 2 aromatic carbocycles. The summed E-state index contributed by atoms with van der Waals surface area (Å²) in [6, 6.07) is 9.18. The highest BCUT2D eigenvalue weighted by molar-refractivity contribution is 7.92. The third kappa shape index (κ3) is 3.84. The molecular formula is C19H22N2O6S. The maximum atomic E-state index is 12.9. The number of hydrogen-bond acceptors (Lipinski definition) is 6. The molecular weight excluding hydrogens is 384 g/mol. The van der Waals surface area contributed by atoms with Crippen molar-refractivity contribution in [1.29, 1.82) is 0 Å². The number of amides is 1. The Morgan fingerprint density at radius 1 is 1.11 bits per heavy atom. The van der Waals surface area contributed by atoms with Crippen molar-refractivity contribution in [2.24, 2.45) is 5.41 Å². The predicted molar refractivity (Wildman–Crippen MR) is 105 cm³/mol. The lowest BCUT2D eigenvalue weighted by Crippen LogP contribution is -2.33. The van der Waals surface area contributed by atoms with Crippen LogP contribution in [0.5, 0.6) is 17.2 Å². The summed E-state index contributed by atoms with van der Waals surface area (Å²) in [6.45, 7) is 3.76. The zero-order valence-electron chi connectivity index (χ0n) is 16.0. The van der Waals surface area contributed by atoms with Gasteiger partial charge in [0.1, 0.15) is 28.8 Å². The molecule has 0 aromatic heterocycles. The lowest BCUT2D eigenvalue weighted by molar-refractivity contribution is -0.124. The van der Waals surface area contributed by atoms with Crippen LogP contribution in [0.15, 0.2) is 41.3 Å². The quantitative estimate of drug-likeness (QED) is 0.792. The van der Waals surface area contributed by atoms with Crippen LogP contribution in [-0.2, 0) is 14.8 Å². The number of fused-ring (bicyclic) bond motifs is 1. The predicted octanol–water partition coefficient (Wildman–Crippen LogP) is 2.86. The van der Waals surface area contributed by atoms with Gasteiger partial charge >= 0.3 is 0 Å². The average Bonchev–Trinajstić information content (AvgIpc) is 2.76. The van der Waals surface area contributed by atoms with Crippen molar-refractivity contribution in [3.63, 3.8) is 0 Å². The average molecular weight is 406 g/mol. The van der Waals surface area contributed by atoms with Crippen LogP contribution in [0.25, 0.3) is 0 Å². The molecule has 0 radical (unpaired) electrons. The van der Waals surface area contributed by atoms with Gasteiger partial charge in [0.15, 0.2) is 0 Å². The number of carbonyl (C=O) groups excluding carboxylic acids is 1. The molecule has 0 spiro atoms. The SMILES string of the molecule is COc1ccc(OC)c(S(=O)(=O)Nc2ccc3c(c2)NC(=O)C(C)(C)CO3)c1. The normalized spacial score (nSPS) is 15.5. The molecule has 1 heterocycles. The summed E-state index contributed by atoms with van der Waals surface area (Å²) in [5, 5.41) is 2.78. The monoisotopic (exact) mass is 406 g/mol. The van der Waals surface area contributed by atoms with E-state index in [9.17, 15) is 13.2 Å². The van der Waals surface area contributed by atoms with Crippen LogP contribution >= 0.6 is 0 Å². The topological polar surface area (TPSA) is 103 Å². The third-order valence-electron chi connectivity index (χ3n) is 4.34. The molecule has 0 unspecified atom stereocenters. The van der Waals surface area contributed by atoms with E-state index in [0.717, 1.165) is 0 Å². The number of benzene rings is 2. The van der Waals surface area contributed by atoms with Gasteiger partial charge in [-0.25, -0.2) is 8.42 Å². The van der Waals surface area contributed by atoms with Gasteiger partial charge in [0, 0.05) is 6.07 Å². The molecule has 1 amide bonds. The number of ether oxygens (including phenoxy) is 3. The minimum absolute atomic E-state index is 0.0642. The zero-order valence-corrected chi connectivity index (χ0v) is 16.8. The van der Waals surface area contributed by atoms with Crippen LogP contribution in [-0.4, -0.2) is 35.2 Å². The largest absolute Gasteiger partial charge is 0.497 e. The van der Waals surface area contributed by atoms with E-state index in [-0.39, 0.29) is 28.8 Å². The van der Waals surface area contributed by atoms with E-state index in [0.29, 0.717) is 17.2 Å². The number of anilines is 2. The Morgan fingerprint density at radius 2 is 1.86 bits per heavy atom. The summed E-state index contributed by atoms with van der Waals surface area (Å²) >= 11 is 0. The van der Waals surface area contributed by atoms with E-state index in [4.69, 9.17) is 14.2 Å². The first-order valence-corrected chi connectivity index (χ1v) is 9.98. The van der Waals surface area contributed by atoms with Gasteiger partial charge in [0.25, 0.3) is 10.0 Å². The smallest absolute Gasteiger partial charge is 0.265 e. The highest BCUT2D eigenvalue weighted by atomic mass is 32.2. The van der Waals surface area contributed by atoms with E-state index in [1.54, 1.807) is 32.0 Å². The van der Waals surface area contributed by atoms with E-state index < -0.39 is 15.4 Å². The zero-order chi connectivity index (χ0) is 20.5. The van der Waals surface area contributed by atoms with E-state index >= 15 is 0 Å². The summed E-state index contributed by atoms with van der Waals surface area (Å²) in [4.78, 5) is 12.2. The molecule has 1 aliphatic rings. The maximum Gasteiger partial charge on any atom is 0.265 e. The molecule has 9 heteroatoms. The third-order valence-corrected chi connectivity index (χ3v) is 5.75. The number of sulfonamides is 1. The van der Waals surface area contributed by atoms with Gasteiger partial charge in [0.2, 0.25) is 5.91 Å². The van der Waals surface area contributed by atoms with Gasteiger partial charge in [-0.3, -0.25) is 9.52 Å².